The van der Waals surface area contributed by atoms with Crippen LogP contribution >= 0.6 is 0 Å². The number of carbonyl (C=O) groups is 2. The first-order valence-electron chi connectivity index (χ1n) is 12.4. The second-order valence-electron chi connectivity index (χ2n) is 8.74. The number of ether oxygens (including phenoxy) is 1. The summed E-state index contributed by atoms with van der Waals surface area (Å²) in [5.41, 5.74) is 6.45. The van der Waals surface area contributed by atoms with Crippen molar-refractivity contribution in [1.29, 1.82) is 0 Å². The van der Waals surface area contributed by atoms with Crippen molar-refractivity contribution < 1.29 is 14.3 Å². The molecule has 6 heteroatoms. The lowest BCUT2D eigenvalue weighted by atomic mass is 9.78. The zero-order chi connectivity index (χ0) is 25.7. The summed E-state index contributed by atoms with van der Waals surface area (Å²) in [4.78, 5) is 25.0. The molecule has 2 unspecified atom stereocenters. The van der Waals surface area contributed by atoms with Gasteiger partial charge in [-0.15, -0.1) is 0 Å². The van der Waals surface area contributed by atoms with Crippen LogP contribution in [-0.4, -0.2) is 18.8 Å². The van der Waals surface area contributed by atoms with E-state index in [-0.39, 0.29) is 23.7 Å². The van der Waals surface area contributed by atoms with Gasteiger partial charge in [0.15, 0.2) is 5.78 Å². The number of amides is 1. The Balaban J connectivity index is 0.00000148. The standard InChI is InChI=1S/C28H27N3O3.C2H6/c1-17(32)29-21-11-7-19(8-12-21)28-27-25(30-23-5-3-4-6-24(23)31-28)15-20(16-26(27)33)18-9-13-22(34-2)14-10-18;1-2/h3-14,20,28,30-31H,15-16H2,1-2H3,(H,29,32);1-2H3. The first kappa shape index (κ1) is 25.0. The number of fused-ring (bicyclic) bond motifs is 1. The lowest BCUT2D eigenvalue weighted by Crippen LogP contribution is -2.26. The Labute approximate surface area is 212 Å². The second-order valence-corrected chi connectivity index (χ2v) is 8.74. The molecule has 0 saturated carbocycles. The first-order valence-corrected chi connectivity index (χ1v) is 12.4. The second kappa shape index (κ2) is 11.1. The molecule has 0 fully saturated rings. The molecule has 3 aromatic rings. The van der Waals surface area contributed by atoms with Crippen molar-refractivity contribution in [2.45, 2.75) is 45.6 Å². The van der Waals surface area contributed by atoms with E-state index in [1.807, 2.05) is 86.6 Å². The van der Waals surface area contributed by atoms with Crippen LogP contribution in [0.25, 0.3) is 0 Å². The minimum atomic E-state index is -0.290. The van der Waals surface area contributed by atoms with Crippen LogP contribution in [0.5, 0.6) is 5.75 Å². The molecule has 1 aliphatic heterocycles. The van der Waals surface area contributed by atoms with Crippen LogP contribution in [0.1, 0.15) is 56.7 Å². The molecule has 186 valence electrons. The molecule has 2 aliphatic rings. The predicted molar refractivity (Wildman–Crippen MR) is 146 cm³/mol. The topological polar surface area (TPSA) is 79.5 Å². The van der Waals surface area contributed by atoms with Gasteiger partial charge in [0.1, 0.15) is 5.75 Å². The summed E-state index contributed by atoms with van der Waals surface area (Å²) in [6.07, 6.45) is 1.19. The summed E-state index contributed by atoms with van der Waals surface area (Å²) in [7, 11) is 1.65. The molecule has 3 N–H and O–H groups in total. The Hall–Kier alpha value is -4.06. The molecule has 1 aliphatic carbocycles. The molecule has 0 spiro atoms. The van der Waals surface area contributed by atoms with Crippen LogP contribution in [0.15, 0.2) is 84.1 Å². The van der Waals surface area contributed by atoms with Crippen LogP contribution in [0.4, 0.5) is 17.1 Å². The van der Waals surface area contributed by atoms with Crippen molar-refractivity contribution in [1.82, 2.24) is 0 Å². The van der Waals surface area contributed by atoms with Crippen LogP contribution < -0.4 is 20.7 Å². The molecule has 6 nitrogen and oxygen atoms in total. The molecular formula is C30H33N3O3. The van der Waals surface area contributed by atoms with Gasteiger partial charge in [0, 0.05) is 30.3 Å². The minimum Gasteiger partial charge on any atom is -0.497 e. The molecule has 0 aromatic heterocycles. The number of carbonyl (C=O) groups excluding carboxylic acids is 2. The van der Waals surface area contributed by atoms with Crippen molar-refractivity contribution in [3.05, 3.63) is 95.2 Å². The average molecular weight is 484 g/mol. The monoisotopic (exact) mass is 483 g/mol. The van der Waals surface area contributed by atoms with Gasteiger partial charge in [-0.05, 0) is 59.9 Å². The van der Waals surface area contributed by atoms with Crippen molar-refractivity contribution in [3.8, 4) is 5.75 Å². The van der Waals surface area contributed by atoms with Gasteiger partial charge >= 0.3 is 0 Å². The van der Waals surface area contributed by atoms with E-state index in [1.54, 1.807) is 7.11 Å². The molecule has 3 aromatic carbocycles. The number of methoxy groups -OCH3 is 1. The largest absolute Gasteiger partial charge is 0.497 e. The average Bonchev–Trinajstić information content (AvgIpc) is 3.07. The molecule has 5 rings (SSSR count). The van der Waals surface area contributed by atoms with Gasteiger partial charge in [-0.25, -0.2) is 0 Å². The predicted octanol–water partition coefficient (Wildman–Crippen LogP) is 6.66. The summed E-state index contributed by atoms with van der Waals surface area (Å²) in [6.45, 7) is 5.49. The SMILES string of the molecule is CC.COc1ccc(C2CC(=O)C3=C(C2)Nc2ccccc2NC3c2ccc(NC(C)=O)cc2)cc1. The van der Waals surface area contributed by atoms with E-state index in [0.717, 1.165) is 51.6 Å². The van der Waals surface area contributed by atoms with E-state index in [0.29, 0.717) is 6.42 Å². The number of Topliss-reactive ketones (excluding diaryl/α,β-unsaturated/α-hetero) is 1. The number of nitrogens with one attached hydrogen (secondary N) is 3. The number of rotatable bonds is 4. The zero-order valence-corrected chi connectivity index (χ0v) is 21.2. The third-order valence-electron chi connectivity index (χ3n) is 6.46. The highest BCUT2D eigenvalue weighted by Crippen LogP contribution is 2.44. The van der Waals surface area contributed by atoms with E-state index in [4.69, 9.17) is 4.74 Å². The van der Waals surface area contributed by atoms with Crippen LogP contribution in [0.3, 0.4) is 0 Å². The van der Waals surface area contributed by atoms with E-state index in [9.17, 15) is 9.59 Å². The Morgan fingerprint density at radius 2 is 1.53 bits per heavy atom. The first-order chi connectivity index (χ1) is 17.5. The molecule has 0 radical (unpaired) electrons. The smallest absolute Gasteiger partial charge is 0.221 e. The maximum Gasteiger partial charge on any atom is 0.221 e. The highest BCUT2D eigenvalue weighted by atomic mass is 16.5. The number of hydrogen-bond donors (Lipinski definition) is 3. The summed E-state index contributed by atoms with van der Waals surface area (Å²) < 4.78 is 5.29. The van der Waals surface area contributed by atoms with Crippen molar-refractivity contribution in [3.63, 3.8) is 0 Å². The summed E-state index contributed by atoms with van der Waals surface area (Å²) >= 11 is 0. The molecule has 0 saturated heterocycles. The van der Waals surface area contributed by atoms with Crippen LogP contribution in [0, 0.1) is 0 Å². The quantitative estimate of drug-likeness (QED) is 0.387. The zero-order valence-electron chi connectivity index (χ0n) is 21.2. The number of hydrogen-bond acceptors (Lipinski definition) is 5. The maximum atomic E-state index is 13.6. The van der Waals surface area contributed by atoms with Gasteiger partial charge in [-0.2, -0.15) is 0 Å². The molecule has 1 heterocycles. The number of ketones is 1. The third-order valence-corrected chi connectivity index (χ3v) is 6.46. The fourth-order valence-corrected chi connectivity index (χ4v) is 4.82. The van der Waals surface area contributed by atoms with Gasteiger partial charge < -0.3 is 20.7 Å². The number of benzene rings is 3. The molecule has 0 bridgehead atoms. The van der Waals surface area contributed by atoms with Gasteiger partial charge in [0.2, 0.25) is 5.91 Å². The molecular weight excluding hydrogens is 450 g/mol. The molecule has 1 amide bonds. The lowest BCUT2D eigenvalue weighted by Gasteiger charge is -2.30. The van der Waals surface area contributed by atoms with Crippen molar-refractivity contribution in [2.24, 2.45) is 0 Å². The summed E-state index contributed by atoms with van der Waals surface area (Å²) in [5.74, 6) is 0.915. The van der Waals surface area contributed by atoms with Crippen LogP contribution in [-0.2, 0) is 9.59 Å². The summed E-state index contributed by atoms with van der Waals surface area (Å²) in [6, 6.07) is 23.4. The van der Waals surface area contributed by atoms with Gasteiger partial charge in [-0.3, -0.25) is 9.59 Å². The summed E-state index contributed by atoms with van der Waals surface area (Å²) in [5, 5.41) is 9.96. The van der Waals surface area contributed by atoms with Gasteiger partial charge in [-0.1, -0.05) is 50.2 Å². The van der Waals surface area contributed by atoms with Crippen molar-refractivity contribution >= 4 is 28.8 Å². The molecule has 2 atom stereocenters. The normalized spacial score (nSPS) is 18.3. The Morgan fingerprint density at radius 3 is 2.17 bits per heavy atom. The third kappa shape index (κ3) is 5.28. The Kier molecular flexibility index (Phi) is 7.74. The number of para-hydroxylation sites is 2. The highest BCUT2D eigenvalue weighted by Gasteiger charge is 2.36. The number of anilines is 3. The molecule has 36 heavy (non-hydrogen) atoms. The van der Waals surface area contributed by atoms with Gasteiger partial charge in [0.05, 0.1) is 24.5 Å². The van der Waals surface area contributed by atoms with E-state index < -0.39 is 0 Å². The number of allylic oxidation sites excluding steroid dienone is 1. The van der Waals surface area contributed by atoms with E-state index >= 15 is 0 Å². The Bertz CT molecular complexity index is 1260. The lowest BCUT2D eigenvalue weighted by molar-refractivity contribution is -0.116. The maximum absolute atomic E-state index is 13.6. The van der Waals surface area contributed by atoms with Crippen LogP contribution in [0.2, 0.25) is 0 Å². The fourth-order valence-electron chi connectivity index (χ4n) is 4.82. The van der Waals surface area contributed by atoms with E-state index in [1.165, 1.54) is 6.92 Å². The Morgan fingerprint density at radius 1 is 0.889 bits per heavy atom. The fraction of sp³-hybridized carbons (Fsp3) is 0.267. The minimum absolute atomic E-state index is 0.0951. The van der Waals surface area contributed by atoms with E-state index in [2.05, 4.69) is 16.0 Å². The van der Waals surface area contributed by atoms with Crippen molar-refractivity contribution in [2.75, 3.05) is 23.1 Å². The highest BCUT2D eigenvalue weighted by molar-refractivity contribution is 6.01. The van der Waals surface area contributed by atoms with Gasteiger partial charge in [0.25, 0.3) is 0 Å².